The summed E-state index contributed by atoms with van der Waals surface area (Å²) >= 11 is 5.74. The maximum Gasteiger partial charge on any atom is 0.274 e. The van der Waals surface area contributed by atoms with Crippen molar-refractivity contribution in [3.05, 3.63) is 46.9 Å². The zero-order valence-corrected chi connectivity index (χ0v) is 14.8. The van der Waals surface area contributed by atoms with E-state index in [9.17, 15) is 14.0 Å². The summed E-state index contributed by atoms with van der Waals surface area (Å²) in [7, 11) is 0. The van der Waals surface area contributed by atoms with Crippen LogP contribution in [0.1, 0.15) is 17.4 Å². The van der Waals surface area contributed by atoms with Crippen LogP contribution < -0.4 is 5.32 Å². The topological polar surface area (TPSA) is 78.4 Å². The van der Waals surface area contributed by atoms with Crippen LogP contribution >= 0.6 is 11.6 Å². The lowest BCUT2D eigenvalue weighted by Gasteiger charge is -2.33. The Balaban J connectivity index is 1.63. The first-order valence-corrected chi connectivity index (χ1v) is 8.42. The molecule has 1 aromatic heterocycles. The second kappa shape index (κ2) is 7.65. The highest BCUT2D eigenvalue weighted by atomic mass is 35.5. The molecule has 1 N–H and O–H groups in total. The van der Waals surface area contributed by atoms with Gasteiger partial charge in [0.15, 0.2) is 11.5 Å². The van der Waals surface area contributed by atoms with Gasteiger partial charge in [-0.05, 0) is 30.3 Å². The summed E-state index contributed by atoms with van der Waals surface area (Å²) in [5.74, 6) is -0.315. The molecule has 1 saturated heterocycles. The number of carbonyl (C=O) groups is 2. The predicted molar refractivity (Wildman–Crippen MR) is 94.9 cm³/mol. The van der Waals surface area contributed by atoms with Gasteiger partial charge >= 0.3 is 0 Å². The Morgan fingerprint density at radius 2 is 1.77 bits per heavy atom. The van der Waals surface area contributed by atoms with Gasteiger partial charge in [-0.2, -0.15) is 0 Å². The zero-order chi connectivity index (χ0) is 18.7. The minimum Gasteiger partial charge on any atom is -0.339 e. The van der Waals surface area contributed by atoms with E-state index < -0.39 is 5.82 Å². The number of aromatic nitrogens is 2. The number of anilines is 2. The molecule has 26 heavy (non-hydrogen) atoms. The minimum absolute atomic E-state index is 0.000500. The summed E-state index contributed by atoms with van der Waals surface area (Å²) < 4.78 is 13.2. The second-order valence-electron chi connectivity index (χ2n) is 5.86. The van der Waals surface area contributed by atoms with Crippen LogP contribution in [-0.4, -0.2) is 58.0 Å². The van der Waals surface area contributed by atoms with Crippen LogP contribution in [0.5, 0.6) is 0 Å². The van der Waals surface area contributed by atoms with E-state index in [-0.39, 0.29) is 22.5 Å². The molecule has 0 saturated carbocycles. The van der Waals surface area contributed by atoms with Gasteiger partial charge < -0.3 is 15.1 Å². The van der Waals surface area contributed by atoms with Gasteiger partial charge in [0.25, 0.3) is 5.91 Å². The fraction of sp³-hybridized carbons (Fsp3) is 0.294. The summed E-state index contributed by atoms with van der Waals surface area (Å²) in [5.41, 5.74) is 0.786. The third-order valence-electron chi connectivity index (χ3n) is 4.09. The number of nitrogens with zero attached hydrogens (tertiary/aromatic N) is 4. The molecule has 3 rings (SSSR count). The van der Waals surface area contributed by atoms with Crippen molar-refractivity contribution in [3.63, 3.8) is 0 Å². The zero-order valence-electron chi connectivity index (χ0n) is 14.1. The third-order valence-corrected chi connectivity index (χ3v) is 4.38. The van der Waals surface area contributed by atoms with Crippen molar-refractivity contribution in [2.75, 3.05) is 31.5 Å². The van der Waals surface area contributed by atoms with E-state index >= 15 is 0 Å². The summed E-state index contributed by atoms with van der Waals surface area (Å²) in [6, 6.07) is 7.39. The van der Waals surface area contributed by atoms with Crippen molar-refractivity contribution in [1.82, 2.24) is 20.0 Å². The molecule has 0 spiro atoms. The molecule has 0 bridgehead atoms. The van der Waals surface area contributed by atoms with Gasteiger partial charge in [-0.1, -0.05) is 11.6 Å². The SMILES string of the molecule is CC(=O)N1CCN(C(=O)c2ccc(Nc3ccc(F)c(Cl)c3)nn2)CC1. The van der Waals surface area contributed by atoms with Gasteiger partial charge in [-0.25, -0.2) is 4.39 Å². The van der Waals surface area contributed by atoms with Crippen LogP contribution in [0.3, 0.4) is 0 Å². The molecule has 0 radical (unpaired) electrons. The number of piperazine rings is 1. The number of nitrogens with one attached hydrogen (secondary N) is 1. The lowest BCUT2D eigenvalue weighted by atomic mass is 10.2. The number of hydrogen-bond acceptors (Lipinski definition) is 5. The summed E-state index contributed by atoms with van der Waals surface area (Å²) in [6.45, 7) is 3.48. The van der Waals surface area contributed by atoms with E-state index in [1.807, 2.05) is 0 Å². The molecular formula is C17H17ClFN5O2. The summed E-state index contributed by atoms with van der Waals surface area (Å²) in [5, 5.41) is 10.9. The number of benzene rings is 1. The minimum atomic E-state index is -0.505. The number of rotatable bonds is 3. The van der Waals surface area contributed by atoms with E-state index in [2.05, 4.69) is 15.5 Å². The van der Waals surface area contributed by atoms with Gasteiger partial charge in [-0.15, -0.1) is 10.2 Å². The lowest BCUT2D eigenvalue weighted by molar-refractivity contribution is -0.130. The van der Waals surface area contributed by atoms with Crippen molar-refractivity contribution in [2.24, 2.45) is 0 Å². The Kier molecular flexibility index (Phi) is 5.32. The number of carbonyl (C=O) groups excluding carboxylic acids is 2. The molecule has 0 aliphatic carbocycles. The molecule has 136 valence electrons. The standard InChI is InChI=1S/C17H17ClFN5O2/c1-11(25)23-6-8-24(9-7-23)17(26)15-4-5-16(22-21-15)20-12-2-3-14(19)13(18)10-12/h2-5,10H,6-9H2,1H3,(H,20,22). The van der Waals surface area contributed by atoms with E-state index in [1.165, 1.54) is 25.1 Å². The van der Waals surface area contributed by atoms with Crippen molar-refractivity contribution < 1.29 is 14.0 Å². The molecule has 1 fully saturated rings. The Hall–Kier alpha value is -2.74. The molecule has 0 unspecified atom stereocenters. The van der Waals surface area contributed by atoms with Crippen LogP contribution in [-0.2, 0) is 4.79 Å². The Morgan fingerprint density at radius 1 is 1.08 bits per heavy atom. The monoisotopic (exact) mass is 377 g/mol. The van der Waals surface area contributed by atoms with Gasteiger partial charge in [-0.3, -0.25) is 9.59 Å². The molecule has 0 atom stereocenters. The molecule has 1 aromatic carbocycles. The lowest BCUT2D eigenvalue weighted by Crippen LogP contribution is -2.50. The average Bonchev–Trinajstić information content (AvgIpc) is 2.65. The van der Waals surface area contributed by atoms with Crippen LogP contribution in [0, 0.1) is 5.82 Å². The number of halogens is 2. The maximum absolute atomic E-state index is 13.2. The largest absolute Gasteiger partial charge is 0.339 e. The van der Waals surface area contributed by atoms with Crippen molar-refractivity contribution in [3.8, 4) is 0 Å². The quantitative estimate of drug-likeness (QED) is 0.888. The molecule has 2 amide bonds. The first kappa shape index (κ1) is 18.1. The number of hydrogen-bond donors (Lipinski definition) is 1. The number of amides is 2. The molecule has 1 aliphatic heterocycles. The fourth-order valence-corrected chi connectivity index (χ4v) is 2.80. The molecule has 9 heteroatoms. The highest BCUT2D eigenvalue weighted by molar-refractivity contribution is 6.31. The highest BCUT2D eigenvalue weighted by Crippen LogP contribution is 2.21. The fourth-order valence-electron chi connectivity index (χ4n) is 2.62. The normalized spacial score (nSPS) is 14.3. The average molecular weight is 378 g/mol. The van der Waals surface area contributed by atoms with Crippen molar-refractivity contribution in [1.29, 1.82) is 0 Å². The Labute approximate surface area is 154 Å². The first-order chi connectivity index (χ1) is 12.4. The molecule has 7 nitrogen and oxygen atoms in total. The summed E-state index contributed by atoms with van der Waals surface area (Å²) in [6.07, 6.45) is 0. The predicted octanol–water partition coefficient (Wildman–Crippen LogP) is 2.32. The highest BCUT2D eigenvalue weighted by Gasteiger charge is 2.24. The van der Waals surface area contributed by atoms with Gasteiger partial charge in [0.1, 0.15) is 5.82 Å². The van der Waals surface area contributed by atoms with Crippen LogP contribution in [0.15, 0.2) is 30.3 Å². The Morgan fingerprint density at radius 3 is 2.35 bits per heavy atom. The molecule has 1 aliphatic rings. The van der Waals surface area contributed by atoms with Crippen molar-refractivity contribution >= 4 is 34.9 Å². The summed E-state index contributed by atoms with van der Waals surface area (Å²) in [4.78, 5) is 27.2. The molecular weight excluding hydrogens is 361 g/mol. The second-order valence-corrected chi connectivity index (χ2v) is 6.26. The van der Waals surface area contributed by atoms with Crippen LogP contribution in [0.25, 0.3) is 0 Å². The third kappa shape index (κ3) is 4.08. The smallest absolute Gasteiger partial charge is 0.274 e. The van der Waals surface area contributed by atoms with E-state index in [0.29, 0.717) is 37.7 Å². The van der Waals surface area contributed by atoms with E-state index in [4.69, 9.17) is 11.6 Å². The van der Waals surface area contributed by atoms with Crippen LogP contribution in [0.2, 0.25) is 5.02 Å². The van der Waals surface area contributed by atoms with Gasteiger partial charge in [0.2, 0.25) is 5.91 Å². The van der Waals surface area contributed by atoms with E-state index in [0.717, 1.165) is 0 Å². The first-order valence-electron chi connectivity index (χ1n) is 8.04. The molecule has 2 aromatic rings. The van der Waals surface area contributed by atoms with Gasteiger partial charge in [0, 0.05) is 38.8 Å². The molecule has 2 heterocycles. The van der Waals surface area contributed by atoms with E-state index in [1.54, 1.807) is 21.9 Å². The van der Waals surface area contributed by atoms with Gasteiger partial charge in [0.05, 0.1) is 5.02 Å². The van der Waals surface area contributed by atoms with Crippen molar-refractivity contribution in [2.45, 2.75) is 6.92 Å². The van der Waals surface area contributed by atoms with Crippen LogP contribution in [0.4, 0.5) is 15.9 Å². The maximum atomic E-state index is 13.2. The Bertz CT molecular complexity index is 822.